The summed E-state index contributed by atoms with van der Waals surface area (Å²) < 4.78 is 43.4. The molecule has 0 fully saturated rings. The van der Waals surface area contributed by atoms with Gasteiger partial charge in [0, 0.05) is 9.30 Å². The van der Waals surface area contributed by atoms with Gasteiger partial charge in [-0.05, 0) is 47.9 Å². The first-order chi connectivity index (χ1) is 13.1. The summed E-state index contributed by atoms with van der Waals surface area (Å²) in [6.07, 6.45) is -1.11. The van der Waals surface area contributed by atoms with Crippen molar-refractivity contribution in [2.75, 3.05) is 20.8 Å². The molecule has 0 aliphatic heterocycles. The quantitative estimate of drug-likeness (QED) is 0.705. The first-order valence-corrected chi connectivity index (χ1v) is 7.71. The summed E-state index contributed by atoms with van der Waals surface area (Å²) in [7, 11) is 3.04. The third-order valence-electron chi connectivity index (χ3n) is 4.09. The zero-order valence-corrected chi connectivity index (χ0v) is 14.1. The predicted octanol–water partition coefficient (Wildman–Crippen LogP) is 4.04. The highest BCUT2D eigenvalue weighted by Gasteiger charge is 2.29. The fourth-order valence-electron chi connectivity index (χ4n) is 2.84. The number of benzene rings is 2. The molecule has 0 atom stereocenters. The van der Waals surface area contributed by atoms with E-state index in [1.165, 1.54) is 20.3 Å². The van der Waals surface area contributed by atoms with Gasteiger partial charge in [-0.2, -0.15) is 0 Å². The van der Waals surface area contributed by atoms with Crippen molar-refractivity contribution >= 4 is 0 Å². The maximum Gasteiger partial charge on any atom is 0.122 e. The molecule has 128 valence electrons. The van der Waals surface area contributed by atoms with Crippen molar-refractivity contribution in [1.29, 1.82) is 0 Å². The topological polar surface area (TPSA) is 38.7 Å². The summed E-state index contributed by atoms with van der Waals surface area (Å²) in [5.41, 5.74) is -0.102. The summed E-state index contributed by atoms with van der Waals surface area (Å²) in [5.74, 6) is 1.12. The number of hydrogen-bond donors (Lipinski definition) is 1. The lowest BCUT2D eigenvalue weighted by molar-refractivity contribution is 0.215. The number of hydrogen-bond acceptors (Lipinski definition) is 3. The first kappa shape index (κ1) is 13.1. The van der Waals surface area contributed by atoms with Gasteiger partial charge in [0.1, 0.15) is 11.5 Å². The minimum absolute atomic E-state index is 0.0750. The predicted molar refractivity (Wildman–Crippen MR) is 97.7 cm³/mol. The van der Waals surface area contributed by atoms with Gasteiger partial charge in [0.05, 0.1) is 17.0 Å². The molecular formula is C21H26O3. The van der Waals surface area contributed by atoms with Crippen molar-refractivity contribution in [3.63, 3.8) is 0 Å². The summed E-state index contributed by atoms with van der Waals surface area (Å²) in [6.45, 7) is 0.725. The maximum absolute atomic E-state index is 10.1. The van der Waals surface area contributed by atoms with Crippen molar-refractivity contribution < 1.29 is 20.1 Å². The SMILES string of the molecule is [2H]C([2H])(O)C([2H])([2H])C(C=C)(Cc1ccccc1OC)Cc1ccccc1OC. The van der Waals surface area contributed by atoms with Crippen LogP contribution in [0.25, 0.3) is 0 Å². The van der Waals surface area contributed by atoms with Crippen LogP contribution in [0.15, 0.2) is 61.2 Å². The van der Waals surface area contributed by atoms with Gasteiger partial charge < -0.3 is 14.6 Å². The van der Waals surface area contributed by atoms with Gasteiger partial charge in [-0.15, -0.1) is 6.58 Å². The maximum atomic E-state index is 10.1. The molecule has 0 spiro atoms. The lowest BCUT2D eigenvalue weighted by Gasteiger charge is -2.31. The molecule has 0 aliphatic rings. The Hall–Kier alpha value is -2.26. The minimum atomic E-state index is -3.09. The fraction of sp³-hybridized carbons (Fsp3) is 0.333. The summed E-state index contributed by atoms with van der Waals surface area (Å²) >= 11 is 0. The molecular weight excluding hydrogens is 300 g/mol. The van der Waals surface area contributed by atoms with Gasteiger partial charge in [0.25, 0.3) is 0 Å². The van der Waals surface area contributed by atoms with Crippen LogP contribution in [0.3, 0.4) is 0 Å². The summed E-state index contributed by atoms with van der Waals surface area (Å²) in [6, 6.07) is 14.3. The van der Waals surface area contributed by atoms with E-state index in [4.69, 9.17) is 15.0 Å². The molecule has 3 nitrogen and oxygen atoms in total. The third-order valence-corrected chi connectivity index (χ3v) is 4.09. The Morgan fingerprint density at radius 1 is 1.00 bits per heavy atom. The van der Waals surface area contributed by atoms with Crippen molar-refractivity contribution in [1.82, 2.24) is 0 Å². The molecule has 2 rings (SSSR count). The van der Waals surface area contributed by atoms with E-state index in [1.807, 2.05) is 0 Å². The molecule has 2 aromatic carbocycles. The number of para-hydroxylation sites is 2. The van der Waals surface area contributed by atoms with Gasteiger partial charge in [0.2, 0.25) is 0 Å². The number of aliphatic hydroxyl groups is 1. The van der Waals surface area contributed by atoms with Crippen LogP contribution in [0, 0.1) is 5.41 Å². The second-order valence-corrected chi connectivity index (χ2v) is 5.57. The molecule has 1 N–H and O–H groups in total. The average molecular weight is 330 g/mol. The largest absolute Gasteiger partial charge is 0.496 e. The molecule has 0 aliphatic carbocycles. The number of allylic oxidation sites excluding steroid dienone is 1. The van der Waals surface area contributed by atoms with Gasteiger partial charge in [-0.1, -0.05) is 42.5 Å². The summed E-state index contributed by atoms with van der Waals surface area (Å²) in [5, 5.41) is 10.1. The standard InChI is InChI=1S/C21H26O3/c1-4-21(13-14-22,15-17-9-5-7-11-19(17)23-2)16-18-10-6-8-12-20(18)24-3/h4-12,22H,1,13-16H2,2-3H3/i13D2,14D2. The molecule has 0 heterocycles. The first-order valence-electron chi connectivity index (χ1n) is 9.71. The monoisotopic (exact) mass is 330 g/mol. The highest BCUT2D eigenvalue weighted by Crippen LogP contribution is 2.37. The molecule has 0 saturated carbocycles. The molecule has 0 aromatic heterocycles. The second-order valence-electron chi connectivity index (χ2n) is 5.57. The van der Waals surface area contributed by atoms with Crippen molar-refractivity contribution in [2.45, 2.75) is 19.2 Å². The molecule has 0 amide bonds. The number of ether oxygens (including phenoxy) is 2. The zero-order valence-electron chi connectivity index (χ0n) is 18.1. The molecule has 24 heavy (non-hydrogen) atoms. The Bertz CT molecular complexity index is 766. The molecule has 0 bridgehead atoms. The van der Waals surface area contributed by atoms with E-state index in [1.54, 1.807) is 48.5 Å². The van der Waals surface area contributed by atoms with E-state index in [9.17, 15) is 5.11 Å². The van der Waals surface area contributed by atoms with Crippen LogP contribution in [0.1, 0.15) is 23.0 Å². The lowest BCUT2D eigenvalue weighted by atomic mass is 9.74. The molecule has 0 saturated heterocycles. The van der Waals surface area contributed by atoms with Crippen LogP contribution < -0.4 is 9.47 Å². The molecule has 0 radical (unpaired) electrons. The fourth-order valence-corrected chi connectivity index (χ4v) is 2.84. The van der Waals surface area contributed by atoms with E-state index in [0.29, 0.717) is 22.6 Å². The Balaban J connectivity index is 2.64. The van der Waals surface area contributed by atoms with Crippen LogP contribution >= 0.6 is 0 Å². The average Bonchev–Trinajstić information content (AvgIpc) is 2.67. The Kier molecular flexibility index (Phi) is 4.66. The number of methoxy groups -OCH3 is 2. The Labute approximate surface area is 150 Å². The van der Waals surface area contributed by atoms with E-state index in [0.717, 1.165) is 0 Å². The van der Waals surface area contributed by atoms with E-state index in [2.05, 4.69) is 6.58 Å². The van der Waals surface area contributed by atoms with Crippen molar-refractivity contribution in [3.05, 3.63) is 72.3 Å². The van der Waals surface area contributed by atoms with Crippen molar-refractivity contribution in [2.24, 2.45) is 5.41 Å². The summed E-state index contributed by atoms with van der Waals surface area (Å²) in [4.78, 5) is 0. The normalized spacial score (nSPS) is 14.8. The van der Waals surface area contributed by atoms with Crippen molar-refractivity contribution in [3.8, 4) is 11.5 Å². The highest BCUT2D eigenvalue weighted by molar-refractivity contribution is 5.38. The second kappa shape index (κ2) is 8.55. The van der Waals surface area contributed by atoms with Gasteiger partial charge in [0.15, 0.2) is 0 Å². The van der Waals surface area contributed by atoms with E-state index in [-0.39, 0.29) is 12.8 Å². The van der Waals surface area contributed by atoms with Gasteiger partial charge >= 0.3 is 0 Å². The van der Waals surface area contributed by atoms with E-state index < -0.39 is 18.3 Å². The van der Waals surface area contributed by atoms with E-state index >= 15 is 0 Å². The molecule has 0 unspecified atom stereocenters. The highest BCUT2D eigenvalue weighted by atomic mass is 16.5. The molecule has 3 heteroatoms. The van der Waals surface area contributed by atoms with Crippen LogP contribution in [-0.4, -0.2) is 25.9 Å². The lowest BCUT2D eigenvalue weighted by Crippen LogP contribution is -2.26. The molecule has 2 aromatic rings. The van der Waals surface area contributed by atoms with Gasteiger partial charge in [-0.25, -0.2) is 0 Å². The van der Waals surface area contributed by atoms with Gasteiger partial charge in [-0.3, -0.25) is 0 Å². The minimum Gasteiger partial charge on any atom is -0.496 e. The smallest absolute Gasteiger partial charge is 0.122 e. The van der Waals surface area contributed by atoms with Crippen LogP contribution in [-0.2, 0) is 12.8 Å². The van der Waals surface area contributed by atoms with Crippen LogP contribution in [0.5, 0.6) is 11.5 Å². The van der Waals surface area contributed by atoms with Crippen LogP contribution in [0.2, 0.25) is 0 Å². The Morgan fingerprint density at radius 2 is 1.46 bits per heavy atom. The Morgan fingerprint density at radius 3 is 1.83 bits per heavy atom. The number of rotatable bonds is 9. The third kappa shape index (κ3) is 4.18. The zero-order chi connectivity index (χ0) is 21.0. The van der Waals surface area contributed by atoms with Crippen LogP contribution in [0.4, 0.5) is 0 Å².